The van der Waals surface area contributed by atoms with Crippen molar-refractivity contribution in [3.05, 3.63) is 52.6 Å². The molecule has 5 rings (SSSR count). The smallest absolute Gasteiger partial charge is 0.143 e. The molecule has 7 nitrogen and oxygen atoms in total. The lowest BCUT2D eigenvalue weighted by atomic mass is 9.92. The summed E-state index contributed by atoms with van der Waals surface area (Å²) < 4.78 is 8.30. The van der Waals surface area contributed by atoms with Crippen molar-refractivity contribution >= 4 is 11.0 Å². The van der Waals surface area contributed by atoms with Gasteiger partial charge in [0.2, 0.25) is 0 Å². The van der Waals surface area contributed by atoms with Gasteiger partial charge in [0.05, 0.1) is 11.7 Å². The molecule has 4 atom stereocenters. The second-order valence-electron chi connectivity index (χ2n) is 8.56. The lowest BCUT2D eigenvalue weighted by Gasteiger charge is -2.26. The molecule has 0 unspecified atom stereocenters. The second-order valence-corrected chi connectivity index (χ2v) is 8.56. The number of rotatable bonds is 3. The summed E-state index contributed by atoms with van der Waals surface area (Å²) in [6.45, 7) is 7.93. The molecule has 2 aliphatic rings. The maximum Gasteiger partial charge on any atom is 0.143 e. The molecule has 1 aliphatic carbocycles. The molecule has 3 heterocycles. The molecule has 0 amide bonds. The first-order chi connectivity index (χ1) is 14.5. The largest absolute Gasteiger partial charge is 0.487 e. The van der Waals surface area contributed by atoms with E-state index in [2.05, 4.69) is 35.2 Å². The van der Waals surface area contributed by atoms with Crippen molar-refractivity contribution in [2.75, 3.05) is 6.54 Å². The molecule has 1 saturated carbocycles. The van der Waals surface area contributed by atoms with Gasteiger partial charge < -0.3 is 24.8 Å². The molecule has 2 aromatic heterocycles. The number of ether oxygens (including phenoxy) is 1. The van der Waals surface area contributed by atoms with Crippen LogP contribution in [0, 0.1) is 20.8 Å². The fourth-order valence-electron chi connectivity index (χ4n) is 4.96. The van der Waals surface area contributed by atoms with E-state index in [1.165, 1.54) is 28.6 Å². The van der Waals surface area contributed by atoms with Gasteiger partial charge in [0.15, 0.2) is 0 Å². The number of hydrogen-bond acceptors (Lipinski definition) is 6. The van der Waals surface area contributed by atoms with E-state index in [0.717, 1.165) is 42.0 Å². The van der Waals surface area contributed by atoms with E-state index < -0.39 is 18.3 Å². The van der Waals surface area contributed by atoms with Crippen molar-refractivity contribution in [3.63, 3.8) is 0 Å². The van der Waals surface area contributed by atoms with Crippen LogP contribution in [0.5, 0.6) is 5.75 Å². The molecule has 30 heavy (non-hydrogen) atoms. The van der Waals surface area contributed by atoms with Crippen LogP contribution < -0.4 is 10.1 Å². The summed E-state index contributed by atoms with van der Waals surface area (Å²) >= 11 is 0. The highest BCUT2D eigenvalue weighted by Gasteiger charge is 2.44. The Balaban J connectivity index is 1.46. The second kappa shape index (κ2) is 7.34. The molecule has 0 bridgehead atoms. The highest BCUT2D eigenvalue weighted by Crippen LogP contribution is 2.38. The van der Waals surface area contributed by atoms with Crippen molar-refractivity contribution in [1.82, 2.24) is 19.9 Å². The summed E-state index contributed by atoms with van der Waals surface area (Å²) in [4.78, 5) is 8.65. The normalized spacial score (nSPS) is 26.2. The van der Waals surface area contributed by atoms with Gasteiger partial charge in [0.25, 0.3) is 0 Å². The summed E-state index contributed by atoms with van der Waals surface area (Å²) in [5, 5.41) is 26.0. The Morgan fingerprint density at radius 2 is 1.97 bits per heavy atom. The fraction of sp³-hybridized carbons (Fsp3) is 0.478. The minimum Gasteiger partial charge on any atom is -0.487 e. The Kier molecular flexibility index (Phi) is 4.76. The maximum atomic E-state index is 10.8. The van der Waals surface area contributed by atoms with Crippen LogP contribution in [0.4, 0.5) is 0 Å². The third kappa shape index (κ3) is 3.00. The topological polar surface area (TPSA) is 92.4 Å². The Morgan fingerprint density at radius 1 is 1.13 bits per heavy atom. The molecule has 0 spiro atoms. The molecule has 158 valence electrons. The number of aliphatic hydroxyl groups excluding tert-OH is 2. The number of hydrogen-bond donors (Lipinski definition) is 3. The number of aryl methyl sites for hydroxylation is 2. The third-order valence-electron chi connectivity index (χ3n) is 6.85. The molecule has 1 aromatic carbocycles. The molecule has 3 N–H and O–H groups in total. The van der Waals surface area contributed by atoms with Crippen LogP contribution in [0.25, 0.3) is 11.0 Å². The van der Waals surface area contributed by atoms with Crippen LogP contribution >= 0.6 is 0 Å². The molecule has 1 aliphatic heterocycles. The van der Waals surface area contributed by atoms with Gasteiger partial charge in [-0.2, -0.15) is 0 Å². The molecule has 0 radical (unpaired) electrons. The first-order valence-electron chi connectivity index (χ1n) is 10.6. The highest BCUT2D eigenvalue weighted by atomic mass is 16.5. The number of benzene rings is 1. The van der Waals surface area contributed by atoms with E-state index in [1.54, 1.807) is 0 Å². The summed E-state index contributed by atoms with van der Waals surface area (Å²) in [7, 11) is 0. The van der Waals surface area contributed by atoms with Crippen LogP contribution in [-0.4, -0.2) is 49.6 Å². The Labute approximate surface area is 175 Å². The first-order valence-corrected chi connectivity index (χ1v) is 10.6. The van der Waals surface area contributed by atoms with Gasteiger partial charge in [0.1, 0.15) is 36.0 Å². The lowest BCUT2D eigenvalue weighted by Crippen LogP contribution is -2.35. The molecular formula is C23H28N4O3. The van der Waals surface area contributed by atoms with E-state index in [4.69, 9.17) is 4.74 Å². The van der Waals surface area contributed by atoms with E-state index in [1.807, 2.05) is 23.8 Å². The average molecular weight is 409 g/mol. The zero-order valence-corrected chi connectivity index (χ0v) is 17.6. The standard InChI is InChI=1S/C23H28N4O3/c1-12-8-19(17-10-24-6-4-15(17)13(12)2)30-20-9-18(21(28)22(20)29)27-7-5-16-14(3)25-11-26-23(16)27/h5,7-8,11,18,20-22,24,28-29H,4,6,9-10H2,1-3H3/t18-,20+,21+,22-/m1/s1. The monoisotopic (exact) mass is 408 g/mol. The summed E-state index contributed by atoms with van der Waals surface area (Å²) in [5.41, 5.74) is 6.69. The number of nitrogens with zero attached hydrogens (tertiary/aromatic N) is 3. The predicted molar refractivity (Wildman–Crippen MR) is 114 cm³/mol. The minimum atomic E-state index is -0.968. The summed E-state index contributed by atoms with van der Waals surface area (Å²) in [6, 6.07) is 3.72. The zero-order valence-electron chi connectivity index (χ0n) is 17.6. The van der Waals surface area contributed by atoms with Gasteiger partial charge in [-0.25, -0.2) is 9.97 Å². The number of aromatic nitrogens is 3. The number of aliphatic hydroxyl groups is 2. The van der Waals surface area contributed by atoms with Crippen LogP contribution in [0.1, 0.15) is 40.4 Å². The van der Waals surface area contributed by atoms with E-state index >= 15 is 0 Å². The predicted octanol–water partition coefficient (Wildman–Crippen LogP) is 2.12. The third-order valence-corrected chi connectivity index (χ3v) is 6.85. The minimum absolute atomic E-state index is 0.308. The quantitative estimate of drug-likeness (QED) is 0.615. The Bertz CT molecular complexity index is 1110. The number of fused-ring (bicyclic) bond motifs is 2. The van der Waals surface area contributed by atoms with Gasteiger partial charge in [-0.05, 0) is 62.6 Å². The van der Waals surface area contributed by atoms with Crippen molar-refractivity contribution in [3.8, 4) is 5.75 Å². The van der Waals surface area contributed by atoms with Crippen LogP contribution in [-0.2, 0) is 13.0 Å². The Morgan fingerprint density at radius 3 is 2.80 bits per heavy atom. The Hall–Kier alpha value is -2.48. The lowest BCUT2D eigenvalue weighted by molar-refractivity contribution is -0.0166. The van der Waals surface area contributed by atoms with Gasteiger partial charge in [-0.3, -0.25) is 0 Å². The van der Waals surface area contributed by atoms with Crippen LogP contribution in [0.2, 0.25) is 0 Å². The van der Waals surface area contributed by atoms with Crippen LogP contribution in [0.3, 0.4) is 0 Å². The van der Waals surface area contributed by atoms with E-state index in [0.29, 0.717) is 6.42 Å². The molecule has 3 aromatic rings. The first kappa shape index (κ1) is 19.5. The van der Waals surface area contributed by atoms with Crippen LogP contribution in [0.15, 0.2) is 24.7 Å². The fourth-order valence-corrected chi connectivity index (χ4v) is 4.96. The van der Waals surface area contributed by atoms with Crippen molar-refractivity contribution in [2.24, 2.45) is 0 Å². The summed E-state index contributed by atoms with van der Waals surface area (Å²) in [6.07, 6.45) is 2.55. The van der Waals surface area contributed by atoms with Gasteiger partial charge >= 0.3 is 0 Å². The summed E-state index contributed by atoms with van der Waals surface area (Å²) in [5.74, 6) is 0.813. The maximum absolute atomic E-state index is 10.8. The van der Waals surface area contributed by atoms with Gasteiger partial charge in [-0.1, -0.05) is 0 Å². The molecule has 1 fully saturated rings. The zero-order chi connectivity index (χ0) is 21.0. The highest BCUT2D eigenvalue weighted by molar-refractivity contribution is 5.78. The van der Waals surface area contributed by atoms with Gasteiger partial charge in [0, 0.05) is 30.1 Å². The SMILES string of the molecule is Cc1cc(O[C@H]2C[C@@H](n3ccc4c(C)ncnc43)[C@H](O)[C@@H]2O)c2c(c1C)CCNC2. The molecular weight excluding hydrogens is 380 g/mol. The number of nitrogens with one attached hydrogen (secondary N) is 1. The van der Waals surface area contributed by atoms with E-state index in [-0.39, 0.29) is 6.04 Å². The van der Waals surface area contributed by atoms with Crippen molar-refractivity contribution < 1.29 is 14.9 Å². The van der Waals surface area contributed by atoms with Gasteiger partial charge in [-0.15, -0.1) is 0 Å². The average Bonchev–Trinajstić information content (AvgIpc) is 3.29. The molecule has 7 heteroatoms. The molecule has 0 saturated heterocycles. The van der Waals surface area contributed by atoms with E-state index in [9.17, 15) is 10.2 Å². The van der Waals surface area contributed by atoms with Crippen molar-refractivity contribution in [2.45, 2.75) is 64.5 Å². The van der Waals surface area contributed by atoms with Crippen molar-refractivity contribution in [1.29, 1.82) is 0 Å².